The zero-order valence-corrected chi connectivity index (χ0v) is 17.1. The van der Waals surface area contributed by atoms with Gasteiger partial charge in [-0.15, -0.1) is 0 Å². The number of aromatic nitrogens is 3. The summed E-state index contributed by atoms with van der Waals surface area (Å²) in [5.41, 5.74) is 4.25. The zero-order valence-electron chi connectivity index (χ0n) is 17.1. The van der Waals surface area contributed by atoms with Crippen molar-refractivity contribution in [2.24, 2.45) is 0 Å². The Morgan fingerprint density at radius 1 is 1.23 bits per heavy atom. The highest BCUT2D eigenvalue weighted by atomic mass is 16.4. The Hall–Kier alpha value is -3.19. The van der Waals surface area contributed by atoms with Crippen LogP contribution in [0.4, 0.5) is 5.69 Å². The molecule has 1 aliphatic carbocycles. The van der Waals surface area contributed by atoms with Crippen molar-refractivity contribution < 1.29 is 4.42 Å². The number of hydrogen-bond acceptors (Lipinski definition) is 6. The van der Waals surface area contributed by atoms with Gasteiger partial charge in [-0.25, -0.2) is 9.78 Å². The summed E-state index contributed by atoms with van der Waals surface area (Å²) >= 11 is 0. The maximum atomic E-state index is 12.8. The van der Waals surface area contributed by atoms with Crippen LogP contribution in [-0.4, -0.2) is 39.0 Å². The lowest BCUT2D eigenvalue weighted by Crippen LogP contribution is -2.57. The summed E-state index contributed by atoms with van der Waals surface area (Å²) in [5, 5.41) is 4.62. The predicted octanol–water partition coefficient (Wildman–Crippen LogP) is 3.14. The third kappa shape index (κ3) is 2.89. The number of fused-ring (bicyclic) bond motifs is 2. The van der Waals surface area contributed by atoms with Crippen LogP contribution in [0.3, 0.4) is 0 Å². The second kappa shape index (κ2) is 6.15. The molecule has 1 saturated carbocycles. The van der Waals surface area contributed by atoms with Gasteiger partial charge in [0.05, 0.1) is 23.1 Å². The van der Waals surface area contributed by atoms with Gasteiger partial charge in [0.25, 0.3) is 0 Å². The van der Waals surface area contributed by atoms with Gasteiger partial charge < -0.3 is 19.0 Å². The maximum absolute atomic E-state index is 12.8. The average molecular weight is 401 g/mol. The first-order valence-electron chi connectivity index (χ1n) is 10.4. The maximum Gasteiger partial charge on any atom is 0.345 e. The summed E-state index contributed by atoms with van der Waals surface area (Å²) in [4.78, 5) is 24.0. The van der Waals surface area contributed by atoms with Gasteiger partial charge in [0.1, 0.15) is 5.58 Å². The molecule has 6 rings (SSSR count). The lowest BCUT2D eigenvalue weighted by Gasteiger charge is -2.39. The highest BCUT2D eigenvalue weighted by Gasteiger charge is 2.47. The molecule has 4 aromatic rings. The summed E-state index contributed by atoms with van der Waals surface area (Å²) in [6.07, 6.45) is 7.90. The molecular formula is C23H23N5O2. The number of imidazole rings is 1. The minimum Gasteiger partial charge on any atom is -0.422 e. The van der Waals surface area contributed by atoms with Crippen molar-refractivity contribution >= 4 is 22.3 Å². The molecule has 0 radical (unpaired) electrons. The van der Waals surface area contributed by atoms with E-state index in [2.05, 4.69) is 33.2 Å². The van der Waals surface area contributed by atoms with Crippen molar-refractivity contribution in [1.29, 1.82) is 0 Å². The molecule has 30 heavy (non-hydrogen) atoms. The van der Waals surface area contributed by atoms with Crippen molar-refractivity contribution in [3.8, 4) is 11.3 Å². The minimum atomic E-state index is -0.375. The van der Waals surface area contributed by atoms with Gasteiger partial charge in [-0.1, -0.05) is 0 Å². The Morgan fingerprint density at radius 2 is 2.10 bits per heavy atom. The molecular weight excluding hydrogens is 378 g/mol. The molecule has 0 amide bonds. The molecule has 2 aliphatic rings. The Morgan fingerprint density at radius 3 is 2.93 bits per heavy atom. The predicted molar refractivity (Wildman–Crippen MR) is 116 cm³/mol. The molecule has 1 aromatic carbocycles. The van der Waals surface area contributed by atoms with E-state index >= 15 is 0 Å². The number of nitrogens with one attached hydrogen (secondary N) is 1. The summed E-state index contributed by atoms with van der Waals surface area (Å²) in [6, 6.07) is 8.46. The smallest absolute Gasteiger partial charge is 0.345 e. The van der Waals surface area contributed by atoms with Crippen molar-refractivity contribution in [1.82, 2.24) is 19.7 Å². The van der Waals surface area contributed by atoms with Gasteiger partial charge in [-0.2, -0.15) is 0 Å². The number of benzene rings is 1. The number of piperazine rings is 1. The average Bonchev–Trinajstić information content (AvgIpc) is 3.31. The van der Waals surface area contributed by atoms with E-state index in [0.29, 0.717) is 28.5 Å². The fourth-order valence-electron chi connectivity index (χ4n) is 4.63. The Bertz CT molecular complexity index is 1350. The summed E-state index contributed by atoms with van der Waals surface area (Å²) < 4.78 is 7.61. The minimum absolute atomic E-state index is 0.271. The molecule has 0 unspecified atom stereocenters. The molecule has 4 heterocycles. The van der Waals surface area contributed by atoms with Crippen LogP contribution >= 0.6 is 0 Å². The summed E-state index contributed by atoms with van der Waals surface area (Å²) in [5.74, 6) is 0. The van der Waals surface area contributed by atoms with Crippen LogP contribution in [0.1, 0.15) is 25.5 Å². The second-order valence-electron chi connectivity index (χ2n) is 8.80. The standard InChI is InChI=1S/C23H23N5O2/c1-14-10-27-12-19(25-21(27)9-24-14)18-7-16-3-4-17(8-20(16)30-22(18)29)28-11-15(2)26-23(13-28)5-6-23/h3-4,7-10,12,15,26H,5-6,11,13H2,1-2H3/t15-/m0/s1. The molecule has 1 aliphatic heterocycles. The molecule has 1 atom stereocenters. The number of nitrogens with zero attached hydrogens (tertiary/aromatic N) is 4. The van der Waals surface area contributed by atoms with Crippen LogP contribution in [0.5, 0.6) is 0 Å². The first-order valence-corrected chi connectivity index (χ1v) is 10.4. The molecule has 2 fully saturated rings. The van der Waals surface area contributed by atoms with E-state index in [9.17, 15) is 4.79 Å². The molecule has 3 aromatic heterocycles. The highest BCUT2D eigenvalue weighted by molar-refractivity contribution is 5.84. The summed E-state index contributed by atoms with van der Waals surface area (Å²) in [6.45, 7) is 6.10. The number of hydrogen-bond donors (Lipinski definition) is 1. The first kappa shape index (κ1) is 17.7. The normalized spacial score (nSPS) is 20.3. The summed E-state index contributed by atoms with van der Waals surface area (Å²) in [7, 11) is 0. The van der Waals surface area contributed by atoms with E-state index in [1.54, 1.807) is 6.20 Å². The lowest BCUT2D eigenvalue weighted by atomic mass is 10.1. The van der Waals surface area contributed by atoms with Gasteiger partial charge in [0.15, 0.2) is 5.65 Å². The van der Waals surface area contributed by atoms with E-state index in [1.807, 2.05) is 41.9 Å². The van der Waals surface area contributed by atoms with Crippen molar-refractivity contribution in [3.05, 3.63) is 59.0 Å². The fourth-order valence-corrected chi connectivity index (χ4v) is 4.63. The number of rotatable bonds is 2. The Balaban J connectivity index is 1.39. The zero-order chi connectivity index (χ0) is 20.5. The van der Waals surface area contributed by atoms with Crippen LogP contribution in [0.2, 0.25) is 0 Å². The van der Waals surface area contributed by atoms with E-state index in [1.165, 1.54) is 12.8 Å². The van der Waals surface area contributed by atoms with Crippen molar-refractivity contribution in [2.75, 3.05) is 18.0 Å². The molecule has 0 bridgehead atoms. The van der Waals surface area contributed by atoms with Crippen LogP contribution < -0.4 is 15.8 Å². The third-order valence-corrected chi connectivity index (χ3v) is 6.23. The molecule has 1 saturated heterocycles. The van der Waals surface area contributed by atoms with Gasteiger partial charge in [-0.3, -0.25) is 4.98 Å². The molecule has 1 spiro atoms. The van der Waals surface area contributed by atoms with Gasteiger partial charge in [0.2, 0.25) is 0 Å². The number of aryl methyl sites for hydroxylation is 1. The molecule has 1 N–H and O–H groups in total. The van der Waals surface area contributed by atoms with Crippen LogP contribution in [0.15, 0.2) is 52.1 Å². The van der Waals surface area contributed by atoms with Gasteiger partial charge in [-0.05, 0) is 44.9 Å². The number of anilines is 1. The SMILES string of the molecule is Cc1cn2cc(-c3cc4ccc(N5C[C@H](C)NC6(CC6)C5)cc4oc3=O)nc2cn1. The topological polar surface area (TPSA) is 75.7 Å². The lowest BCUT2D eigenvalue weighted by molar-refractivity contribution is 0.372. The van der Waals surface area contributed by atoms with Gasteiger partial charge in [0, 0.05) is 54.2 Å². The molecule has 7 heteroatoms. The van der Waals surface area contributed by atoms with Crippen LogP contribution in [0, 0.1) is 6.92 Å². The van der Waals surface area contributed by atoms with E-state index in [4.69, 9.17) is 4.42 Å². The van der Waals surface area contributed by atoms with Crippen LogP contribution in [0.25, 0.3) is 27.9 Å². The fraction of sp³-hybridized carbons (Fsp3) is 0.348. The first-order chi connectivity index (χ1) is 14.5. The largest absolute Gasteiger partial charge is 0.422 e. The van der Waals surface area contributed by atoms with Crippen LogP contribution in [-0.2, 0) is 0 Å². The van der Waals surface area contributed by atoms with E-state index in [-0.39, 0.29) is 11.2 Å². The third-order valence-electron chi connectivity index (χ3n) is 6.23. The van der Waals surface area contributed by atoms with E-state index < -0.39 is 0 Å². The Kier molecular flexibility index (Phi) is 3.62. The molecule has 7 nitrogen and oxygen atoms in total. The van der Waals surface area contributed by atoms with E-state index in [0.717, 1.165) is 29.9 Å². The quantitative estimate of drug-likeness (QED) is 0.520. The highest BCUT2D eigenvalue weighted by Crippen LogP contribution is 2.40. The second-order valence-corrected chi connectivity index (χ2v) is 8.80. The van der Waals surface area contributed by atoms with Crippen molar-refractivity contribution in [2.45, 2.75) is 38.3 Å². The molecule has 152 valence electrons. The van der Waals surface area contributed by atoms with Gasteiger partial charge >= 0.3 is 5.63 Å². The van der Waals surface area contributed by atoms with Crippen molar-refractivity contribution in [3.63, 3.8) is 0 Å². The Labute approximate surface area is 173 Å². The monoisotopic (exact) mass is 401 g/mol.